The van der Waals surface area contributed by atoms with E-state index in [0.717, 1.165) is 5.56 Å². The van der Waals surface area contributed by atoms with Gasteiger partial charge in [-0.1, -0.05) is 41.9 Å². The number of benzene rings is 2. The van der Waals surface area contributed by atoms with Crippen molar-refractivity contribution in [2.45, 2.75) is 10.9 Å². The molecule has 2 atom stereocenters. The lowest BCUT2D eigenvalue weighted by molar-refractivity contribution is 0.554. The molecule has 3 rings (SSSR count). The molecular weight excluding hydrogens is 282 g/mol. The quantitative estimate of drug-likeness (QED) is 0.816. The zero-order valence-corrected chi connectivity index (χ0v) is 11.6. The van der Waals surface area contributed by atoms with Crippen LogP contribution in [0.1, 0.15) is 11.6 Å². The Morgan fingerprint density at radius 3 is 2.26 bits per heavy atom. The number of nitrogens with zero attached hydrogens (tertiary/aromatic N) is 1. The highest BCUT2D eigenvalue weighted by Gasteiger charge is 2.45. The van der Waals surface area contributed by atoms with Gasteiger partial charge in [-0.3, -0.25) is 0 Å². The second-order valence-electron chi connectivity index (χ2n) is 4.46. The summed E-state index contributed by atoms with van der Waals surface area (Å²) in [6, 6.07) is 15.9. The van der Waals surface area contributed by atoms with Crippen LogP contribution >= 0.6 is 11.6 Å². The van der Waals surface area contributed by atoms with Gasteiger partial charge in [0, 0.05) is 11.6 Å². The van der Waals surface area contributed by atoms with E-state index in [1.165, 1.54) is 16.4 Å². The summed E-state index contributed by atoms with van der Waals surface area (Å²) in [5.74, 6) is 0. The van der Waals surface area contributed by atoms with E-state index in [1.807, 2.05) is 30.3 Å². The van der Waals surface area contributed by atoms with Gasteiger partial charge < -0.3 is 0 Å². The minimum Gasteiger partial charge on any atom is -0.207 e. The summed E-state index contributed by atoms with van der Waals surface area (Å²) in [7, 11) is -3.41. The van der Waals surface area contributed by atoms with Gasteiger partial charge in [0.15, 0.2) is 0 Å². The number of halogens is 1. The van der Waals surface area contributed by atoms with Crippen molar-refractivity contribution in [2.75, 3.05) is 6.54 Å². The Labute approximate surface area is 117 Å². The molecule has 0 amide bonds. The summed E-state index contributed by atoms with van der Waals surface area (Å²) < 4.78 is 26.2. The third-order valence-electron chi connectivity index (χ3n) is 3.17. The fourth-order valence-corrected chi connectivity index (χ4v) is 3.75. The molecule has 0 aromatic heterocycles. The van der Waals surface area contributed by atoms with E-state index >= 15 is 0 Å². The molecule has 3 nitrogen and oxygen atoms in total. The highest BCUT2D eigenvalue weighted by atomic mass is 35.5. The van der Waals surface area contributed by atoms with Gasteiger partial charge >= 0.3 is 0 Å². The maximum absolute atomic E-state index is 12.4. The highest BCUT2D eigenvalue weighted by molar-refractivity contribution is 7.89. The van der Waals surface area contributed by atoms with Crippen LogP contribution in [0.4, 0.5) is 0 Å². The van der Waals surface area contributed by atoms with E-state index in [0.29, 0.717) is 11.6 Å². The van der Waals surface area contributed by atoms with E-state index in [2.05, 4.69) is 0 Å². The molecule has 98 valence electrons. The van der Waals surface area contributed by atoms with E-state index in [1.54, 1.807) is 12.1 Å². The van der Waals surface area contributed by atoms with E-state index < -0.39 is 10.0 Å². The van der Waals surface area contributed by atoms with Gasteiger partial charge in [-0.25, -0.2) is 8.42 Å². The molecule has 2 aromatic rings. The number of rotatable bonds is 3. The Morgan fingerprint density at radius 1 is 1.00 bits per heavy atom. The van der Waals surface area contributed by atoms with Crippen molar-refractivity contribution in [3.63, 3.8) is 0 Å². The molecule has 5 heteroatoms. The highest BCUT2D eigenvalue weighted by Crippen LogP contribution is 2.40. The van der Waals surface area contributed by atoms with Gasteiger partial charge in [0.2, 0.25) is 10.0 Å². The average molecular weight is 294 g/mol. The zero-order valence-electron chi connectivity index (χ0n) is 10.0. The molecule has 0 aliphatic carbocycles. The van der Waals surface area contributed by atoms with Crippen molar-refractivity contribution in [3.8, 4) is 0 Å². The molecule has 0 bridgehead atoms. The van der Waals surface area contributed by atoms with Crippen LogP contribution in [0.15, 0.2) is 59.5 Å². The SMILES string of the molecule is O=S(=O)(c1ccc(Cl)cc1)N1C[C@H]1c1ccccc1. The smallest absolute Gasteiger partial charge is 0.207 e. The summed E-state index contributed by atoms with van der Waals surface area (Å²) in [5, 5.41) is 0.532. The van der Waals surface area contributed by atoms with Gasteiger partial charge in [0.25, 0.3) is 0 Å². The van der Waals surface area contributed by atoms with Crippen LogP contribution in [0.3, 0.4) is 0 Å². The lowest BCUT2D eigenvalue weighted by atomic mass is 10.2. The van der Waals surface area contributed by atoms with Crippen molar-refractivity contribution in [2.24, 2.45) is 0 Å². The van der Waals surface area contributed by atoms with Crippen molar-refractivity contribution in [3.05, 3.63) is 65.2 Å². The Hall–Kier alpha value is -1.36. The first kappa shape index (κ1) is 12.7. The standard InChI is InChI=1S/C14H12ClNO2S/c15-12-6-8-13(9-7-12)19(17,18)16-10-14(16)11-4-2-1-3-5-11/h1-9,14H,10H2/t14-,16?/m0/s1. The lowest BCUT2D eigenvalue weighted by Crippen LogP contribution is -2.12. The second kappa shape index (κ2) is 4.63. The third-order valence-corrected chi connectivity index (χ3v) is 5.31. The maximum atomic E-state index is 12.4. The number of sulfonamides is 1. The molecule has 0 spiro atoms. The molecule has 19 heavy (non-hydrogen) atoms. The molecule has 0 saturated carbocycles. The molecule has 1 unspecified atom stereocenters. The summed E-state index contributed by atoms with van der Waals surface area (Å²) in [6.45, 7) is 0.537. The number of hydrogen-bond donors (Lipinski definition) is 0. The third kappa shape index (κ3) is 2.39. The van der Waals surface area contributed by atoms with Crippen LogP contribution < -0.4 is 0 Å². The number of hydrogen-bond acceptors (Lipinski definition) is 2. The second-order valence-corrected chi connectivity index (χ2v) is 6.78. The van der Waals surface area contributed by atoms with Crippen LogP contribution in [0.25, 0.3) is 0 Å². The summed E-state index contributed by atoms with van der Waals surface area (Å²) >= 11 is 5.77. The van der Waals surface area contributed by atoms with Crippen LogP contribution in [-0.2, 0) is 10.0 Å². The molecule has 0 N–H and O–H groups in total. The Balaban J connectivity index is 1.86. The molecule has 1 aliphatic rings. The monoisotopic (exact) mass is 293 g/mol. The Morgan fingerprint density at radius 2 is 1.63 bits per heavy atom. The summed E-state index contributed by atoms with van der Waals surface area (Å²) in [5.41, 5.74) is 1.03. The fraction of sp³-hybridized carbons (Fsp3) is 0.143. The van der Waals surface area contributed by atoms with Crippen molar-refractivity contribution >= 4 is 21.6 Å². The van der Waals surface area contributed by atoms with E-state index in [-0.39, 0.29) is 10.9 Å². The van der Waals surface area contributed by atoms with Crippen LogP contribution in [0.5, 0.6) is 0 Å². The van der Waals surface area contributed by atoms with Crippen molar-refractivity contribution in [1.29, 1.82) is 0 Å². The van der Waals surface area contributed by atoms with Gasteiger partial charge in [0.1, 0.15) is 0 Å². The molecular formula is C14H12ClNO2S. The predicted molar refractivity (Wildman–Crippen MR) is 74.5 cm³/mol. The molecule has 2 aromatic carbocycles. The van der Waals surface area contributed by atoms with Gasteiger partial charge in [-0.15, -0.1) is 0 Å². The van der Waals surface area contributed by atoms with Crippen LogP contribution in [0.2, 0.25) is 5.02 Å². The van der Waals surface area contributed by atoms with E-state index in [4.69, 9.17) is 11.6 Å². The van der Waals surface area contributed by atoms with Gasteiger partial charge in [-0.2, -0.15) is 4.31 Å². The van der Waals surface area contributed by atoms with Crippen LogP contribution in [0, 0.1) is 0 Å². The van der Waals surface area contributed by atoms with Gasteiger partial charge in [0.05, 0.1) is 10.9 Å². The first-order chi connectivity index (χ1) is 9.09. The summed E-state index contributed by atoms with van der Waals surface area (Å²) in [4.78, 5) is 0.287. The maximum Gasteiger partial charge on any atom is 0.243 e. The van der Waals surface area contributed by atoms with Gasteiger partial charge in [-0.05, 0) is 29.8 Å². The zero-order chi connectivity index (χ0) is 13.5. The normalized spacial score (nSPS) is 22.2. The summed E-state index contributed by atoms with van der Waals surface area (Å²) in [6.07, 6.45) is 0. The average Bonchev–Trinajstić information content (AvgIpc) is 3.21. The Bertz CT molecular complexity index is 683. The minimum atomic E-state index is -3.41. The first-order valence-corrected chi connectivity index (χ1v) is 7.73. The topological polar surface area (TPSA) is 37.1 Å². The molecule has 1 fully saturated rings. The molecule has 0 radical (unpaired) electrons. The fourth-order valence-electron chi connectivity index (χ4n) is 2.08. The van der Waals surface area contributed by atoms with Crippen molar-refractivity contribution < 1.29 is 8.42 Å². The molecule has 1 heterocycles. The first-order valence-electron chi connectivity index (χ1n) is 5.91. The molecule has 1 aliphatic heterocycles. The molecule has 1 saturated heterocycles. The predicted octanol–water partition coefficient (Wildman–Crippen LogP) is 3.09. The minimum absolute atomic E-state index is 0.0399. The Kier molecular flexibility index (Phi) is 3.09. The van der Waals surface area contributed by atoms with Crippen molar-refractivity contribution in [1.82, 2.24) is 4.31 Å². The van der Waals surface area contributed by atoms with E-state index in [9.17, 15) is 8.42 Å². The largest absolute Gasteiger partial charge is 0.243 e. The van der Waals surface area contributed by atoms with Crippen LogP contribution in [-0.4, -0.2) is 19.3 Å². The lowest BCUT2D eigenvalue weighted by Gasteiger charge is -2.06.